The van der Waals surface area contributed by atoms with Crippen molar-refractivity contribution in [2.45, 2.75) is 13.3 Å². The molecule has 1 aromatic heterocycles. The Labute approximate surface area is 85.2 Å². The Morgan fingerprint density at radius 1 is 1.67 bits per heavy atom. The van der Waals surface area contributed by atoms with Crippen LogP contribution < -0.4 is 10.6 Å². The van der Waals surface area contributed by atoms with E-state index < -0.39 is 0 Å². The van der Waals surface area contributed by atoms with Gasteiger partial charge in [0.15, 0.2) is 5.82 Å². The Bertz CT molecular complexity index is 400. The van der Waals surface area contributed by atoms with Crippen molar-refractivity contribution in [1.29, 1.82) is 0 Å². The molecule has 7 nitrogen and oxygen atoms in total. The fourth-order valence-corrected chi connectivity index (χ4v) is 1.35. The number of carbonyl (C=O) groups excluding carboxylic acids is 2. The average Bonchev–Trinajstić information content (AvgIpc) is 2.75. The summed E-state index contributed by atoms with van der Waals surface area (Å²) in [6.45, 7) is 2.01. The van der Waals surface area contributed by atoms with E-state index in [9.17, 15) is 9.59 Å². The van der Waals surface area contributed by atoms with E-state index in [4.69, 9.17) is 4.52 Å². The van der Waals surface area contributed by atoms with Gasteiger partial charge in [-0.1, -0.05) is 5.16 Å². The van der Waals surface area contributed by atoms with Gasteiger partial charge in [-0.25, -0.2) is 0 Å². The maximum Gasteiger partial charge on any atom is 0.328 e. The Morgan fingerprint density at radius 3 is 3.00 bits per heavy atom. The summed E-state index contributed by atoms with van der Waals surface area (Å²) in [6.07, 6.45) is 0.207. The van der Waals surface area contributed by atoms with E-state index in [1.54, 1.807) is 6.92 Å². The SMILES string of the molecule is Cc1noc(NC(=O)C2CNC(=O)C2)n1. The number of hydrogen-bond acceptors (Lipinski definition) is 5. The Balaban J connectivity index is 1.95. The van der Waals surface area contributed by atoms with Gasteiger partial charge in [0.2, 0.25) is 11.8 Å². The van der Waals surface area contributed by atoms with Gasteiger partial charge in [-0.05, 0) is 6.92 Å². The molecule has 0 saturated carbocycles. The molecule has 7 heteroatoms. The van der Waals surface area contributed by atoms with Gasteiger partial charge in [-0.2, -0.15) is 4.98 Å². The molecule has 1 fully saturated rings. The number of nitrogens with zero attached hydrogens (tertiary/aromatic N) is 2. The topological polar surface area (TPSA) is 97.1 Å². The Morgan fingerprint density at radius 2 is 2.47 bits per heavy atom. The fourth-order valence-electron chi connectivity index (χ4n) is 1.35. The molecular weight excluding hydrogens is 200 g/mol. The predicted octanol–water partition coefficient (Wildman–Crippen LogP) is -0.547. The van der Waals surface area contributed by atoms with Crippen LogP contribution >= 0.6 is 0 Å². The molecule has 2 N–H and O–H groups in total. The summed E-state index contributed by atoms with van der Waals surface area (Å²) in [5.41, 5.74) is 0. The monoisotopic (exact) mass is 210 g/mol. The maximum absolute atomic E-state index is 11.5. The molecule has 0 spiro atoms. The molecule has 0 aromatic carbocycles. The van der Waals surface area contributed by atoms with Crippen LogP contribution in [0.25, 0.3) is 0 Å². The number of rotatable bonds is 2. The standard InChI is InChI=1S/C8H10N4O3/c1-4-10-8(15-12-4)11-7(14)5-2-6(13)9-3-5/h5H,2-3H2,1H3,(H,9,13)(H,10,11,12,14). The van der Waals surface area contributed by atoms with Crippen molar-refractivity contribution in [2.24, 2.45) is 5.92 Å². The first-order chi connectivity index (χ1) is 7.15. The summed E-state index contributed by atoms with van der Waals surface area (Å²) in [7, 11) is 0. The first-order valence-electron chi connectivity index (χ1n) is 4.53. The highest BCUT2D eigenvalue weighted by atomic mass is 16.5. The predicted molar refractivity (Wildman–Crippen MR) is 48.8 cm³/mol. The summed E-state index contributed by atoms with van der Waals surface area (Å²) in [5.74, 6) is -0.301. The lowest BCUT2D eigenvalue weighted by molar-refractivity contribution is -0.123. The van der Waals surface area contributed by atoms with E-state index in [0.29, 0.717) is 12.4 Å². The van der Waals surface area contributed by atoms with Gasteiger partial charge < -0.3 is 9.84 Å². The van der Waals surface area contributed by atoms with E-state index in [2.05, 4.69) is 20.8 Å². The van der Waals surface area contributed by atoms with Crippen LogP contribution in [0.15, 0.2) is 4.52 Å². The smallest absolute Gasteiger partial charge is 0.328 e. The summed E-state index contributed by atoms with van der Waals surface area (Å²) in [6, 6.07) is 0.0665. The zero-order valence-electron chi connectivity index (χ0n) is 8.11. The molecule has 15 heavy (non-hydrogen) atoms. The van der Waals surface area contributed by atoms with Gasteiger partial charge in [-0.3, -0.25) is 14.9 Å². The highest BCUT2D eigenvalue weighted by Crippen LogP contribution is 2.12. The lowest BCUT2D eigenvalue weighted by Gasteiger charge is -2.04. The third-order valence-electron chi connectivity index (χ3n) is 2.11. The van der Waals surface area contributed by atoms with Crippen LogP contribution in [0, 0.1) is 12.8 Å². The third-order valence-corrected chi connectivity index (χ3v) is 2.11. The molecule has 0 radical (unpaired) electrons. The summed E-state index contributed by atoms with van der Waals surface area (Å²) in [5, 5.41) is 8.56. The fraction of sp³-hybridized carbons (Fsp3) is 0.500. The van der Waals surface area contributed by atoms with Crippen molar-refractivity contribution < 1.29 is 14.1 Å². The van der Waals surface area contributed by atoms with E-state index in [1.165, 1.54) is 0 Å². The van der Waals surface area contributed by atoms with E-state index >= 15 is 0 Å². The highest BCUT2D eigenvalue weighted by molar-refractivity contribution is 5.95. The minimum Gasteiger partial charge on any atom is -0.355 e. The van der Waals surface area contributed by atoms with Gasteiger partial charge in [0.1, 0.15) is 0 Å². The number of anilines is 1. The molecule has 1 saturated heterocycles. The molecule has 2 heterocycles. The third kappa shape index (κ3) is 2.12. The zero-order chi connectivity index (χ0) is 10.8. The molecule has 2 amide bonds. The minimum atomic E-state index is -0.357. The van der Waals surface area contributed by atoms with Crippen LogP contribution in [0.1, 0.15) is 12.2 Å². The Hall–Kier alpha value is -1.92. The summed E-state index contributed by atoms with van der Waals surface area (Å²) in [4.78, 5) is 26.2. The van der Waals surface area contributed by atoms with Crippen LogP contribution in [-0.4, -0.2) is 28.5 Å². The minimum absolute atomic E-state index is 0.0665. The van der Waals surface area contributed by atoms with Gasteiger partial charge in [0.05, 0.1) is 5.92 Å². The largest absolute Gasteiger partial charge is 0.355 e. The number of amides is 2. The van der Waals surface area contributed by atoms with Gasteiger partial charge in [0, 0.05) is 13.0 Å². The molecule has 1 atom stereocenters. The van der Waals surface area contributed by atoms with Crippen molar-refractivity contribution in [3.8, 4) is 0 Å². The number of nitrogens with one attached hydrogen (secondary N) is 2. The van der Waals surface area contributed by atoms with Crippen LogP contribution in [0.4, 0.5) is 6.01 Å². The normalized spacial score (nSPS) is 20.1. The molecule has 80 valence electrons. The van der Waals surface area contributed by atoms with Crippen molar-refractivity contribution in [2.75, 3.05) is 11.9 Å². The highest BCUT2D eigenvalue weighted by Gasteiger charge is 2.28. The van der Waals surface area contributed by atoms with Crippen LogP contribution in [0.2, 0.25) is 0 Å². The van der Waals surface area contributed by atoms with Crippen LogP contribution in [0.5, 0.6) is 0 Å². The number of hydrogen-bond donors (Lipinski definition) is 2. The van der Waals surface area contributed by atoms with Crippen LogP contribution in [-0.2, 0) is 9.59 Å². The molecule has 0 aliphatic carbocycles. The maximum atomic E-state index is 11.5. The number of aryl methyl sites for hydroxylation is 1. The molecule has 1 aliphatic heterocycles. The number of aromatic nitrogens is 2. The second-order valence-electron chi connectivity index (χ2n) is 3.34. The van der Waals surface area contributed by atoms with Crippen LogP contribution in [0.3, 0.4) is 0 Å². The first-order valence-corrected chi connectivity index (χ1v) is 4.53. The second kappa shape index (κ2) is 3.68. The summed E-state index contributed by atoms with van der Waals surface area (Å²) >= 11 is 0. The first kappa shape index (κ1) is 9.63. The average molecular weight is 210 g/mol. The number of carbonyl (C=O) groups is 2. The molecule has 1 aromatic rings. The lowest BCUT2D eigenvalue weighted by Crippen LogP contribution is -2.24. The zero-order valence-corrected chi connectivity index (χ0v) is 8.11. The second-order valence-corrected chi connectivity index (χ2v) is 3.34. The van der Waals surface area contributed by atoms with Crippen molar-refractivity contribution in [3.05, 3.63) is 5.82 Å². The van der Waals surface area contributed by atoms with Crippen molar-refractivity contribution in [3.63, 3.8) is 0 Å². The van der Waals surface area contributed by atoms with Crippen molar-refractivity contribution in [1.82, 2.24) is 15.5 Å². The molecule has 0 bridgehead atoms. The van der Waals surface area contributed by atoms with Gasteiger partial charge >= 0.3 is 6.01 Å². The molecule has 2 rings (SSSR count). The van der Waals surface area contributed by atoms with E-state index in [0.717, 1.165) is 0 Å². The quantitative estimate of drug-likeness (QED) is 0.682. The lowest BCUT2D eigenvalue weighted by atomic mass is 10.1. The van der Waals surface area contributed by atoms with E-state index in [-0.39, 0.29) is 30.2 Å². The van der Waals surface area contributed by atoms with Gasteiger partial charge in [0.25, 0.3) is 0 Å². The Kier molecular flexibility index (Phi) is 2.36. The summed E-state index contributed by atoms with van der Waals surface area (Å²) < 4.78 is 4.72. The molecule has 1 aliphatic rings. The molecular formula is C8H10N4O3. The van der Waals surface area contributed by atoms with E-state index in [1.807, 2.05) is 0 Å². The molecule has 1 unspecified atom stereocenters. The van der Waals surface area contributed by atoms with Crippen molar-refractivity contribution >= 4 is 17.8 Å². The van der Waals surface area contributed by atoms with Gasteiger partial charge in [-0.15, -0.1) is 0 Å².